The molecule has 8 nitrogen and oxygen atoms in total. The molecule has 4 rings (SSSR count). The van der Waals surface area contributed by atoms with Crippen LogP contribution in [0.4, 0.5) is 5.69 Å². The number of carbonyl (C=O) groups is 3. The first-order chi connectivity index (χ1) is 15.9. The van der Waals surface area contributed by atoms with Gasteiger partial charge in [-0.05, 0) is 50.3 Å². The minimum Gasteiger partial charge on any atom is -0.465 e. The summed E-state index contributed by atoms with van der Waals surface area (Å²) >= 11 is 1.23. The van der Waals surface area contributed by atoms with E-state index in [9.17, 15) is 14.4 Å². The van der Waals surface area contributed by atoms with Gasteiger partial charge >= 0.3 is 5.97 Å². The molecule has 2 fully saturated rings. The summed E-state index contributed by atoms with van der Waals surface area (Å²) in [6.45, 7) is 2.13. The SMILES string of the molecule is COC(=O)c1sc2nc(CN3CCCC(C(N)=O)C3)ccc2c1NC(=O)CC1CCCCC1. The second-order valence-electron chi connectivity index (χ2n) is 9.19. The number of nitrogens with one attached hydrogen (secondary N) is 1. The first-order valence-corrected chi connectivity index (χ1v) is 12.6. The highest BCUT2D eigenvalue weighted by molar-refractivity contribution is 7.21. The normalized spacial score (nSPS) is 20.0. The van der Waals surface area contributed by atoms with E-state index in [4.69, 9.17) is 15.5 Å². The maximum atomic E-state index is 12.8. The van der Waals surface area contributed by atoms with Crippen LogP contribution < -0.4 is 11.1 Å². The lowest BCUT2D eigenvalue weighted by Crippen LogP contribution is -2.40. The van der Waals surface area contributed by atoms with Crippen LogP contribution in [0.15, 0.2) is 12.1 Å². The number of aromatic nitrogens is 1. The number of primary amides is 1. The van der Waals surface area contributed by atoms with Crippen LogP contribution in [0.3, 0.4) is 0 Å². The number of methoxy groups -OCH3 is 1. The first-order valence-electron chi connectivity index (χ1n) is 11.8. The van der Waals surface area contributed by atoms with Crippen LogP contribution in [0.2, 0.25) is 0 Å². The topological polar surface area (TPSA) is 115 Å². The van der Waals surface area contributed by atoms with Crippen molar-refractivity contribution in [2.75, 3.05) is 25.5 Å². The summed E-state index contributed by atoms with van der Waals surface area (Å²) in [6, 6.07) is 3.83. The highest BCUT2D eigenvalue weighted by Crippen LogP contribution is 2.36. The fraction of sp³-hybridized carbons (Fsp3) is 0.583. The quantitative estimate of drug-likeness (QED) is 0.594. The van der Waals surface area contributed by atoms with Gasteiger partial charge in [0.2, 0.25) is 11.8 Å². The number of nitrogens with zero attached hydrogens (tertiary/aromatic N) is 2. The largest absolute Gasteiger partial charge is 0.465 e. The number of thiophene rings is 1. The molecule has 2 aromatic rings. The monoisotopic (exact) mass is 472 g/mol. The fourth-order valence-corrected chi connectivity index (χ4v) is 6.04. The van der Waals surface area contributed by atoms with Crippen molar-refractivity contribution in [2.24, 2.45) is 17.6 Å². The van der Waals surface area contributed by atoms with Gasteiger partial charge in [0.05, 0.1) is 24.4 Å². The number of amides is 2. The molecule has 33 heavy (non-hydrogen) atoms. The Bertz CT molecular complexity index is 1030. The number of carbonyl (C=O) groups excluding carboxylic acids is 3. The van der Waals surface area contributed by atoms with Crippen molar-refractivity contribution in [2.45, 2.75) is 57.9 Å². The number of fused-ring (bicyclic) bond motifs is 1. The zero-order chi connectivity index (χ0) is 23.4. The number of anilines is 1. The molecule has 2 aromatic heterocycles. The van der Waals surface area contributed by atoms with Crippen LogP contribution in [-0.4, -0.2) is 47.9 Å². The molecular formula is C24H32N4O4S. The van der Waals surface area contributed by atoms with Crippen LogP contribution in [-0.2, 0) is 20.9 Å². The molecule has 0 radical (unpaired) electrons. The van der Waals surface area contributed by atoms with Crippen molar-refractivity contribution in [1.29, 1.82) is 0 Å². The van der Waals surface area contributed by atoms with Crippen LogP contribution in [0, 0.1) is 11.8 Å². The van der Waals surface area contributed by atoms with Gasteiger partial charge in [0.15, 0.2) is 0 Å². The smallest absolute Gasteiger partial charge is 0.350 e. The van der Waals surface area contributed by atoms with E-state index in [1.54, 1.807) is 0 Å². The van der Waals surface area contributed by atoms with Crippen molar-refractivity contribution in [1.82, 2.24) is 9.88 Å². The van der Waals surface area contributed by atoms with Crippen molar-refractivity contribution in [3.63, 3.8) is 0 Å². The van der Waals surface area contributed by atoms with Crippen LogP contribution in [0.25, 0.3) is 10.2 Å². The number of likely N-dealkylation sites (tertiary alicyclic amines) is 1. The van der Waals surface area contributed by atoms with Gasteiger partial charge in [0.25, 0.3) is 0 Å². The van der Waals surface area contributed by atoms with E-state index >= 15 is 0 Å². The minimum atomic E-state index is -0.479. The molecule has 2 amide bonds. The molecule has 0 spiro atoms. The molecule has 1 aliphatic heterocycles. The van der Waals surface area contributed by atoms with Gasteiger partial charge in [-0.2, -0.15) is 0 Å². The second-order valence-corrected chi connectivity index (χ2v) is 10.2. The zero-order valence-electron chi connectivity index (χ0n) is 19.1. The second kappa shape index (κ2) is 10.6. The number of nitrogens with two attached hydrogens (primary N) is 1. The van der Waals surface area contributed by atoms with Crippen LogP contribution >= 0.6 is 11.3 Å². The number of hydrogen-bond acceptors (Lipinski definition) is 7. The third-order valence-electron chi connectivity index (χ3n) is 6.74. The van der Waals surface area contributed by atoms with E-state index in [2.05, 4.69) is 10.2 Å². The molecule has 1 saturated carbocycles. The average molecular weight is 473 g/mol. The summed E-state index contributed by atoms with van der Waals surface area (Å²) in [6.07, 6.45) is 7.99. The number of rotatable bonds is 7. The zero-order valence-corrected chi connectivity index (χ0v) is 19.9. The average Bonchev–Trinajstić information content (AvgIpc) is 3.16. The summed E-state index contributed by atoms with van der Waals surface area (Å²) in [4.78, 5) is 44.8. The molecule has 2 aliphatic rings. The van der Waals surface area contributed by atoms with E-state index in [1.165, 1.54) is 37.7 Å². The third-order valence-corrected chi connectivity index (χ3v) is 7.82. The van der Waals surface area contributed by atoms with E-state index < -0.39 is 5.97 Å². The molecule has 178 valence electrons. The molecule has 1 aliphatic carbocycles. The highest BCUT2D eigenvalue weighted by Gasteiger charge is 2.26. The lowest BCUT2D eigenvalue weighted by Gasteiger charge is -2.30. The first kappa shape index (κ1) is 23.6. The number of piperidine rings is 1. The van der Waals surface area contributed by atoms with E-state index in [1.807, 2.05) is 12.1 Å². The predicted molar refractivity (Wildman–Crippen MR) is 128 cm³/mol. The Hall–Kier alpha value is -2.52. The van der Waals surface area contributed by atoms with Crippen LogP contribution in [0.5, 0.6) is 0 Å². The molecule has 0 bridgehead atoms. The third kappa shape index (κ3) is 5.70. The van der Waals surface area contributed by atoms with Crippen molar-refractivity contribution in [3.05, 3.63) is 22.7 Å². The number of ether oxygens (including phenoxy) is 1. The molecule has 3 heterocycles. The van der Waals surface area contributed by atoms with E-state index in [0.29, 0.717) is 40.8 Å². The summed E-state index contributed by atoms with van der Waals surface area (Å²) in [5, 5.41) is 3.73. The summed E-state index contributed by atoms with van der Waals surface area (Å²) in [5.74, 6) is -0.517. The maximum absolute atomic E-state index is 12.8. The van der Waals surface area contributed by atoms with Gasteiger partial charge in [0, 0.05) is 24.9 Å². The molecule has 9 heteroatoms. The molecule has 0 aromatic carbocycles. The fourth-order valence-electron chi connectivity index (χ4n) is 4.97. The van der Waals surface area contributed by atoms with Crippen LogP contribution in [0.1, 0.15) is 66.7 Å². The van der Waals surface area contributed by atoms with Crippen molar-refractivity contribution >= 4 is 45.0 Å². The van der Waals surface area contributed by atoms with Gasteiger partial charge < -0.3 is 15.8 Å². The molecular weight excluding hydrogens is 440 g/mol. The van der Waals surface area contributed by atoms with Gasteiger partial charge in [-0.15, -0.1) is 11.3 Å². The van der Waals surface area contributed by atoms with Gasteiger partial charge in [-0.3, -0.25) is 14.5 Å². The number of hydrogen-bond donors (Lipinski definition) is 2. The Morgan fingerprint density at radius 2 is 1.97 bits per heavy atom. The summed E-state index contributed by atoms with van der Waals surface area (Å²) in [5.41, 5.74) is 6.85. The predicted octanol–water partition coefficient (Wildman–Crippen LogP) is 3.69. The Labute approximate surface area is 197 Å². The van der Waals surface area contributed by atoms with E-state index in [0.717, 1.165) is 43.3 Å². The number of esters is 1. The summed E-state index contributed by atoms with van der Waals surface area (Å²) in [7, 11) is 1.34. The summed E-state index contributed by atoms with van der Waals surface area (Å²) < 4.78 is 4.96. The molecule has 3 N–H and O–H groups in total. The molecule has 1 unspecified atom stereocenters. The highest BCUT2D eigenvalue weighted by atomic mass is 32.1. The molecule has 1 saturated heterocycles. The Balaban J connectivity index is 1.53. The van der Waals surface area contributed by atoms with E-state index in [-0.39, 0.29) is 17.7 Å². The Morgan fingerprint density at radius 3 is 2.70 bits per heavy atom. The van der Waals surface area contributed by atoms with Gasteiger partial charge in [0.1, 0.15) is 9.71 Å². The lowest BCUT2D eigenvalue weighted by molar-refractivity contribution is -0.123. The Kier molecular flexibility index (Phi) is 7.60. The minimum absolute atomic E-state index is 0.0679. The van der Waals surface area contributed by atoms with Crippen molar-refractivity contribution in [3.8, 4) is 0 Å². The van der Waals surface area contributed by atoms with Gasteiger partial charge in [-0.1, -0.05) is 19.3 Å². The molecule has 1 atom stereocenters. The van der Waals surface area contributed by atoms with Gasteiger partial charge in [-0.25, -0.2) is 9.78 Å². The number of pyridine rings is 1. The lowest BCUT2D eigenvalue weighted by atomic mass is 9.87. The standard InChI is InChI=1S/C24H32N4O4S/c1-32-24(31)21-20(27-19(29)12-15-6-3-2-4-7-15)18-10-9-17(26-23(18)33-21)14-28-11-5-8-16(13-28)22(25)30/h9-10,15-16H,2-8,11-14H2,1H3,(H2,25,30)(H,27,29). The maximum Gasteiger partial charge on any atom is 0.350 e. The Morgan fingerprint density at radius 1 is 1.18 bits per heavy atom. The van der Waals surface area contributed by atoms with Crippen molar-refractivity contribution < 1.29 is 19.1 Å².